The third kappa shape index (κ3) is 7.40. The zero-order valence-corrected chi connectivity index (χ0v) is 17.4. The molecule has 0 fully saturated rings. The minimum absolute atomic E-state index is 0.0168. The highest BCUT2D eigenvalue weighted by molar-refractivity contribution is 5.66. The minimum Gasteiger partial charge on any atom is -0.487 e. The van der Waals surface area contributed by atoms with E-state index in [0.717, 1.165) is 37.0 Å². The Kier molecular flexibility index (Phi) is 8.10. The lowest BCUT2D eigenvalue weighted by Gasteiger charge is -2.07. The highest BCUT2D eigenvalue weighted by Gasteiger charge is 2.30. The van der Waals surface area contributed by atoms with Crippen molar-refractivity contribution in [3.8, 4) is 5.75 Å². The smallest absolute Gasteiger partial charge is 0.416 e. The van der Waals surface area contributed by atoms with Crippen molar-refractivity contribution in [3.63, 3.8) is 0 Å². The predicted octanol–water partition coefficient (Wildman–Crippen LogP) is 7.21. The van der Waals surface area contributed by atoms with Gasteiger partial charge in [-0.25, -0.2) is 9.37 Å². The molecule has 0 aliphatic carbocycles. The molecule has 2 aromatic carbocycles. The van der Waals surface area contributed by atoms with Gasteiger partial charge in [0.25, 0.3) is 0 Å². The molecule has 0 amide bonds. The Hall–Kier alpha value is -3.78. The zero-order chi connectivity index (χ0) is 23.7. The van der Waals surface area contributed by atoms with Gasteiger partial charge >= 0.3 is 6.18 Å². The maximum atomic E-state index is 13.9. The van der Waals surface area contributed by atoms with Crippen molar-refractivity contribution < 1.29 is 26.7 Å². The topological polar surface area (TPSA) is 84.0 Å². The zero-order valence-electron chi connectivity index (χ0n) is 17.4. The summed E-state index contributed by atoms with van der Waals surface area (Å²) in [6, 6.07) is 9.91. The second-order valence-corrected chi connectivity index (χ2v) is 7.09. The molecule has 1 heterocycles. The molecule has 6 nitrogen and oxygen atoms in total. The summed E-state index contributed by atoms with van der Waals surface area (Å²) in [6.07, 6.45) is 2.07. The van der Waals surface area contributed by atoms with Gasteiger partial charge in [-0.3, -0.25) is 0 Å². The van der Waals surface area contributed by atoms with E-state index in [9.17, 15) is 17.6 Å². The molecule has 3 rings (SSSR count). The number of hydrogen-bond donors (Lipinski definition) is 0. The first-order valence-electron chi connectivity index (χ1n) is 10.1. The van der Waals surface area contributed by atoms with E-state index in [4.69, 9.17) is 14.7 Å². The molecule has 0 atom stereocenters. The molecule has 172 valence electrons. The molecular weight excluding hydrogens is 440 g/mol. The number of azide groups is 1. The number of nitrogens with zero attached hydrogens (tertiary/aromatic N) is 4. The second-order valence-electron chi connectivity index (χ2n) is 7.09. The van der Waals surface area contributed by atoms with Crippen molar-refractivity contribution in [1.82, 2.24) is 4.98 Å². The monoisotopic (exact) mass is 460 g/mol. The van der Waals surface area contributed by atoms with Crippen LogP contribution in [0, 0.1) is 5.82 Å². The number of halogens is 4. The minimum atomic E-state index is -4.60. The SMILES string of the molecule is [N-]=[N+]=NCCCCc1ccc(OCc2coc(C=Cc3ccc(C(F)(F)F)cc3F)n2)cc1. The van der Waals surface area contributed by atoms with E-state index < -0.39 is 17.6 Å². The molecule has 10 heteroatoms. The summed E-state index contributed by atoms with van der Waals surface area (Å²) in [5.74, 6) is -0.168. The van der Waals surface area contributed by atoms with Crippen molar-refractivity contribution in [3.05, 3.63) is 93.3 Å². The molecule has 0 aliphatic heterocycles. The van der Waals surface area contributed by atoms with Gasteiger partial charge in [-0.1, -0.05) is 23.3 Å². The second kappa shape index (κ2) is 11.2. The lowest BCUT2D eigenvalue weighted by Crippen LogP contribution is -2.05. The third-order valence-electron chi connectivity index (χ3n) is 4.65. The van der Waals surface area contributed by atoms with Gasteiger partial charge in [-0.2, -0.15) is 13.2 Å². The van der Waals surface area contributed by atoms with Crippen molar-refractivity contribution in [2.24, 2.45) is 5.11 Å². The highest BCUT2D eigenvalue weighted by Crippen LogP contribution is 2.30. The van der Waals surface area contributed by atoms with E-state index in [1.165, 1.54) is 18.4 Å². The van der Waals surface area contributed by atoms with Crippen molar-refractivity contribution in [2.45, 2.75) is 32.0 Å². The van der Waals surface area contributed by atoms with Gasteiger partial charge in [-0.15, -0.1) is 0 Å². The Bertz CT molecular complexity index is 1130. The Balaban J connectivity index is 1.50. The largest absolute Gasteiger partial charge is 0.487 e. The van der Waals surface area contributed by atoms with E-state index in [1.54, 1.807) is 0 Å². The molecule has 0 saturated carbocycles. The molecule has 3 aromatic rings. The Morgan fingerprint density at radius 3 is 2.58 bits per heavy atom. The number of aromatic nitrogens is 1. The van der Waals surface area contributed by atoms with Crippen LogP contribution in [0.25, 0.3) is 22.6 Å². The summed E-state index contributed by atoms with van der Waals surface area (Å²) < 4.78 is 62.7. The quantitative estimate of drug-likeness (QED) is 0.105. The van der Waals surface area contributed by atoms with Crippen LogP contribution >= 0.6 is 0 Å². The summed E-state index contributed by atoms with van der Waals surface area (Å²) in [4.78, 5) is 6.91. The Morgan fingerprint density at radius 2 is 1.88 bits per heavy atom. The number of alkyl halides is 3. The van der Waals surface area contributed by atoms with Crippen LogP contribution in [0.15, 0.2) is 58.3 Å². The predicted molar refractivity (Wildman–Crippen MR) is 115 cm³/mol. The van der Waals surface area contributed by atoms with Gasteiger partial charge in [-0.05, 0) is 60.7 Å². The molecule has 33 heavy (non-hydrogen) atoms. The molecule has 0 unspecified atom stereocenters. The van der Waals surface area contributed by atoms with Gasteiger partial charge in [0.05, 0.1) is 5.56 Å². The summed E-state index contributed by atoms with van der Waals surface area (Å²) in [6.45, 7) is 0.642. The molecule has 0 saturated heterocycles. The summed E-state index contributed by atoms with van der Waals surface area (Å²) in [5.41, 5.74) is 8.83. The lowest BCUT2D eigenvalue weighted by atomic mass is 10.1. The van der Waals surface area contributed by atoms with Crippen molar-refractivity contribution >= 4 is 12.2 Å². The standard InChI is InChI=1S/C23H20F4N4O2/c24-21-13-18(23(25,26)27)8-6-17(21)7-11-22-30-19(15-33-22)14-32-20-9-4-16(5-10-20)3-1-2-12-29-31-28/h4-11,13,15H,1-3,12,14H2. The highest BCUT2D eigenvalue weighted by atomic mass is 19.4. The Labute approximate surface area is 187 Å². The van der Waals surface area contributed by atoms with Crippen molar-refractivity contribution in [2.75, 3.05) is 6.54 Å². The lowest BCUT2D eigenvalue weighted by molar-refractivity contribution is -0.137. The number of benzene rings is 2. The number of rotatable bonds is 10. The van der Waals surface area contributed by atoms with E-state index in [-0.39, 0.29) is 18.1 Å². The fourth-order valence-corrected chi connectivity index (χ4v) is 2.93. The number of oxazole rings is 1. The number of ether oxygens (including phenoxy) is 1. The van der Waals surface area contributed by atoms with E-state index in [0.29, 0.717) is 24.1 Å². The number of hydrogen-bond acceptors (Lipinski definition) is 4. The van der Waals surface area contributed by atoms with E-state index >= 15 is 0 Å². The van der Waals surface area contributed by atoms with Gasteiger partial charge in [0.15, 0.2) is 0 Å². The van der Waals surface area contributed by atoms with Crippen LogP contribution in [-0.4, -0.2) is 11.5 Å². The maximum absolute atomic E-state index is 13.9. The van der Waals surface area contributed by atoms with Gasteiger partial charge < -0.3 is 9.15 Å². The van der Waals surface area contributed by atoms with Crippen LogP contribution in [0.4, 0.5) is 17.6 Å². The van der Waals surface area contributed by atoms with Crippen LogP contribution < -0.4 is 4.74 Å². The molecule has 0 spiro atoms. The Morgan fingerprint density at radius 1 is 1.09 bits per heavy atom. The van der Waals surface area contributed by atoms with Crippen molar-refractivity contribution in [1.29, 1.82) is 0 Å². The fraction of sp³-hybridized carbons (Fsp3) is 0.261. The van der Waals surface area contributed by atoms with Crippen LogP contribution in [0.1, 0.15) is 41.1 Å². The number of unbranched alkanes of at least 4 members (excludes halogenated alkanes) is 1. The summed E-state index contributed by atoms with van der Waals surface area (Å²) in [7, 11) is 0. The normalized spacial score (nSPS) is 11.5. The van der Waals surface area contributed by atoms with Crippen LogP contribution in [0.3, 0.4) is 0 Å². The molecule has 0 aliphatic rings. The molecular formula is C23H20F4N4O2. The first kappa shape index (κ1) is 23.9. The summed E-state index contributed by atoms with van der Waals surface area (Å²) >= 11 is 0. The molecule has 1 aromatic heterocycles. The molecule has 0 N–H and O–H groups in total. The van der Waals surface area contributed by atoms with Crippen LogP contribution in [0.2, 0.25) is 0 Å². The van der Waals surface area contributed by atoms with Gasteiger partial charge in [0.1, 0.15) is 30.1 Å². The third-order valence-corrected chi connectivity index (χ3v) is 4.65. The molecule has 0 radical (unpaired) electrons. The summed E-state index contributed by atoms with van der Waals surface area (Å²) in [5, 5.41) is 3.50. The average molecular weight is 460 g/mol. The molecule has 0 bridgehead atoms. The fourth-order valence-electron chi connectivity index (χ4n) is 2.93. The average Bonchev–Trinajstić information content (AvgIpc) is 3.25. The van der Waals surface area contributed by atoms with Gasteiger partial charge in [0, 0.05) is 23.1 Å². The first-order valence-corrected chi connectivity index (χ1v) is 10.1. The van der Waals surface area contributed by atoms with E-state index in [1.807, 2.05) is 24.3 Å². The maximum Gasteiger partial charge on any atom is 0.416 e. The first-order chi connectivity index (χ1) is 15.8. The van der Waals surface area contributed by atoms with Gasteiger partial charge in [0.2, 0.25) is 5.89 Å². The van der Waals surface area contributed by atoms with Crippen LogP contribution in [-0.2, 0) is 19.2 Å². The van der Waals surface area contributed by atoms with Crippen LogP contribution in [0.5, 0.6) is 5.75 Å². The number of aryl methyl sites for hydroxylation is 1. The van der Waals surface area contributed by atoms with E-state index in [2.05, 4.69) is 15.0 Å².